The predicted molar refractivity (Wildman–Crippen MR) is 100 cm³/mol. The maximum atomic E-state index is 12.5. The highest BCUT2D eigenvalue weighted by molar-refractivity contribution is 5.80. The summed E-state index contributed by atoms with van der Waals surface area (Å²) >= 11 is 0. The number of rotatable bonds is 5. The molecule has 3 nitrogen and oxygen atoms in total. The van der Waals surface area contributed by atoms with Crippen molar-refractivity contribution in [2.24, 2.45) is 5.10 Å². The average molecular weight is 370 g/mol. The van der Waals surface area contributed by atoms with Gasteiger partial charge in [-0.25, -0.2) is 0 Å². The minimum Gasteiger partial charge on any atom is -0.457 e. The van der Waals surface area contributed by atoms with Crippen LogP contribution in [0.25, 0.3) is 0 Å². The van der Waals surface area contributed by atoms with E-state index in [1.807, 2.05) is 55.5 Å². The van der Waals surface area contributed by atoms with E-state index in [0.717, 1.165) is 29.0 Å². The van der Waals surface area contributed by atoms with Crippen molar-refractivity contribution in [3.8, 4) is 11.5 Å². The molecule has 0 aromatic heterocycles. The van der Waals surface area contributed by atoms with Crippen LogP contribution in [-0.2, 0) is 6.18 Å². The fraction of sp³-hybridized carbons (Fsp3) is 0.0952. The molecule has 3 rings (SSSR count). The van der Waals surface area contributed by atoms with Crippen molar-refractivity contribution in [2.45, 2.75) is 13.1 Å². The van der Waals surface area contributed by atoms with Gasteiger partial charge in [-0.15, -0.1) is 0 Å². The van der Waals surface area contributed by atoms with E-state index in [-0.39, 0.29) is 0 Å². The van der Waals surface area contributed by atoms with Crippen LogP contribution < -0.4 is 10.2 Å². The summed E-state index contributed by atoms with van der Waals surface area (Å²) in [5.41, 5.74) is 4.35. The summed E-state index contributed by atoms with van der Waals surface area (Å²) in [6.45, 7) is 1.98. The van der Waals surface area contributed by atoms with E-state index in [1.165, 1.54) is 12.1 Å². The summed E-state index contributed by atoms with van der Waals surface area (Å²) in [6, 6.07) is 19.8. The molecule has 0 aliphatic rings. The van der Waals surface area contributed by atoms with Gasteiger partial charge < -0.3 is 4.74 Å². The van der Waals surface area contributed by atoms with Crippen molar-refractivity contribution >= 4 is 11.9 Å². The maximum Gasteiger partial charge on any atom is 0.416 e. The van der Waals surface area contributed by atoms with Crippen LogP contribution in [0.4, 0.5) is 18.9 Å². The summed E-state index contributed by atoms with van der Waals surface area (Å²) < 4.78 is 43.4. The first-order chi connectivity index (χ1) is 12.9. The van der Waals surface area contributed by atoms with E-state index in [4.69, 9.17) is 4.74 Å². The Hall–Kier alpha value is -3.28. The van der Waals surface area contributed by atoms with Crippen molar-refractivity contribution < 1.29 is 17.9 Å². The van der Waals surface area contributed by atoms with Crippen LogP contribution in [-0.4, -0.2) is 6.21 Å². The van der Waals surface area contributed by atoms with E-state index >= 15 is 0 Å². The standard InChI is InChI=1S/C21H17F3N2O/c1-15-4-2-3-5-20(15)27-19-12-6-16(7-13-19)14-25-26-18-10-8-17(9-11-18)21(22,23)24/h2-14,26H,1H3. The van der Waals surface area contributed by atoms with Gasteiger partial charge in [-0.1, -0.05) is 18.2 Å². The lowest BCUT2D eigenvalue weighted by atomic mass is 10.2. The average Bonchev–Trinajstić information content (AvgIpc) is 2.65. The second-order valence-corrected chi connectivity index (χ2v) is 5.88. The molecule has 6 heteroatoms. The number of hydrazone groups is 1. The molecule has 0 saturated heterocycles. The van der Waals surface area contributed by atoms with Crippen LogP contribution in [0.15, 0.2) is 77.9 Å². The Morgan fingerprint density at radius 1 is 0.889 bits per heavy atom. The van der Waals surface area contributed by atoms with Gasteiger partial charge in [0.15, 0.2) is 0 Å². The molecule has 3 aromatic carbocycles. The number of aryl methyl sites for hydroxylation is 1. The third-order valence-corrected chi connectivity index (χ3v) is 3.82. The Morgan fingerprint density at radius 2 is 1.56 bits per heavy atom. The zero-order chi connectivity index (χ0) is 19.3. The highest BCUT2D eigenvalue weighted by Crippen LogP contribution is 2.29. The fourth-order valence-electron chi connectivity index (χ4n) is 2.33. The Bertz CT molecular complexity index is 917. The Labute approximate surface area is 155 Å². The molecule has 0 unspecified atom stereocenters. The molecule has 0 fully saturated rings. The number of hydrogen-bond donors (Lipinski definition) is 1. The van der Waals surface area contributed by atoms with Gasteiger partial charge in [-0.2, -0.15) is 18.3 Å². The molecule has 0 saturated carbocycles. The van der Waals surface area contributed by atoms with E-state index in [2.05, 4.69) is 10.5 Å². The van der Waals surface area contributed by atoms with Gasteiger partial charge in [0.2, 0.25) is 0 Å². The van der Waals surface area contributed by atoms with Crippen molar-refractivity contribution in [3.63, 3.8) is 0 Å². The quantitative estimate of drug-likeness (QED) is 0.425. The highest BCUT2D eigenvalue weighted by Gasteiger charge is 2.29. The summed E-state index contributed by atoms with van der Waals surface area (Å²) in [4.78, 5) is 0. The van der Waals surface area contributed by atoms with E-state index in [9.17, 15) is 13.2 Å². The molecule has 0 bridgehead atoms. The van der Waals surface area contributed by atoms with Crippen LogP contribution in [0.2, 0.25) is 0 Å². The minimum absolute atomic E-state index is 0.471. The number of nitrogens with one attached hydrogen (secondary N) is 1. The predicted octanol–water partition coefficient (Wildman–Crippen LogP) is 6.25. The lowest BCUT2D eigenvalue weighted by Crippen LogP contribution is -2.04. The number of nitrogens with zero attached hydrogens (tertiary/aromatic N) is 1. The molecule has 27 heavy (non-hydrogen) atoms. The van der Waals surface area contributed by atoms with Crippen molar-refractivity contribution in [3.05, 3.63) is 89.5 Å². The number of alkyl halides is 3. The largest absolute Gasteiger partial charge is 0.457 e. The lowest BCUT2D eigenvalue weighted by molar-refractivity contribution is -0.137. The van der Waals surface area contributed by atoms with Crippen LogP contribution in [0.5, 0.6) is 11.5 Å². The molecule has 1 N–H and O–H groups in total. The number of halogens is 3. The summed E-state index contributed by atoms with van der Waals surface area (Å²) in [6.07, 6.45) is -2.76. The molecule has 0 aliphatic carbocycles. The van der Waals surface area contributed by atoms with Crippen LogP contribution in [0, 0.1) is 6.92 Å². The summed E-state index contributed by atoms with van der Waals surface area (Å²) in [5.74, 6) is 1.50. The summed E-state index contributed by atoms with van der Waals surface area (Å²) in [5, 5.41) is 4.03. The van der Waals surface area contributed by atoms with Crippen molar-refractivity contribution in [1.29, 1.82) is 0 Å². The Kier molecular flexibility index (Phi) is 5.45. The normalized spacial score (nSPS) is 11.6. The number of hydrogen-bond acceptors (Lipinski definition) is 3. The smallest absolute Gasteiger partial charge is 0.416 e. The first kappa shape index (κ1) is 18.5. The molecule has 0 aliphatic heterocycles. The Morgan fingerprint density at radius 3 is 2.19 bits per heavy atom. The number of ether oxygens (including phenoxy) is 1. The monoisotopic (exact) mass is 370 g/mol. The SMILES string of the molecule is Cc1ccccc1Oc1ccc(C=NNc2ccc(C(F)(F)F)cc2)cc1. The van der Waals surface area contributed by atoms with Gasteiger partial charge >= 0.3 is 6.18 Å². The minimum atomic E-state index is -4.34. The van der Waals surface area contributed by atoms with Gasteiger partial charge in [0.25, 0.3) is 0 Å². The van der Waals surface area contributed by atoms with E-state index in [1.54, 1.807) is 6.21 Å². The van der Waals surface area contributed by atoms with Gasteiger partial charge in [0, 0.05) is 0 Å². The van der Waals surface area contributed by atoms with Crippen LogP contribution in [0.3, 0.4) is 0 Å². The molecular formula is C21H17F3N2O. The van der Waals surface area contributed by atoms with Gasteiger partial charge in [-0.05, 0) is 72.6 Å². The summed E-state index contributed by atoms with van der Waals surface area (Å²) in [7, 11) is 0. The number of para-hydroxylation sites is 1. The molecule has 0 spiro atoms. The fourth-order valence-corrected chi connectivity index (χ4v) is 2.33. The molecule has 3 aromatic rings. The zero-order valence-corrected chi connectivity index (χ0v) is 14.5. The molecule has 138 valence electrons. The third-order valence-electron chi connectivity index (χ3n) is 3.82. The molecule has 0 radical (unpaired) electrons. The molecule has 0 amide bonds. The second-order valence-electron chi connectivity index (χ2n) is 5.88. The molecule has 0 heterocycles. The molecular weight excluding hydrogens is 353 g/mol. The second kappa shape index (κ2) is 7.95. The first-order valence-corrected chi connectivity index (χ1v) is 8.22. The highest BCUT2D eigenvalue weighted by atomic mass is 19.4. The lowest BCUT2D eigenvalue weighted by Gasteiger charge is -2.08. The van der Waals surface area contributed by atoms with Crippen LogP contribution >= 0.6 is 0 Å². The van der Waals surface area contributed by atoms with Gasteiger partial charge in [0.05, 0.1) is 17.5 Å². The van der Waals surface area contributed by atoms with Crippen molar-refractivity contribution in [2.75, 3.05) is 5.43 Å². The van der Waals surface area contributed by atoms with Gasteiger partial charge in [0.1, 0.15) is 11.5 Å². The topological polar surface area (TPSA) is 33.6 Å². The third kappa shape index (κ3) is 5.10. The van der Waals surface area contributed by atoms with E-state index in [0.29, 0.717) is 11.4 Å². The number of anilines is 1. The maximum absolute atomic E-state index is 12.5. The van der Waals surface area contributed by atoms with Gasteiger partial charge in [-0.3, -0.25) is 5.43 Å². The van der Waals surface area contributed by atoms with Crippen molar-refractivity contribution in [1.82, 2.24) is 0 Å². The zero-order valence-electron chi connectivity index (χ0n) is 14.5. The van der Waals surface area contributed by atoms with Crippen LogP contribution in [0.1, 0.15) is 16.7 Å². The Balaban J connectivity index is 1.59. The van der Waals surface area contributed by atoms with E-state index < -0.39 is 11.7 Å². The number of benzene rings is 3. The molecule has 0 atom stereocenters. The first-order valence-electron chi connectivity index (χ1n) is 8.22.